The molecule has 134 valence electrons. The van der Waals surface area contributed by atoms with Gasteiger partial charge in [0.05, 0.1) is 10.5 Å². The smallest absolute Gasteiger partial charge is 0.352 e. The highest BCUT2D eigenvalue weighted by Crippen LogP contribution is 2.27. The number of nitrogens with one attached hydrogen (secondary N) is 1. The molecule has 0 aliphatic rings. The van der Waals surface area contributed by atoms with Gasteiger partial charge in [-0.1, -0.05) is 12.1 Å². The Labute approximate surface area is 141 Å². The Morgan fingerprint density at radius 2 is 1.76 bits per heavy atom. The van der Waals surface area contributed by atoms with Crippen LogP contribution in [0.2, 0.25) is 0 Å². The van der Waals surface area contributed by atoms with E-state index in [2.05, 4.69) is 10.3 Å². The molecule has 2 rings (SSSR count). The third kappa shape index (κ3) is 5.26. The average Bonchev–Trinajstić information content (AvgIpc) is 2.54. The fourth-order valence-corrected chi connectivity index (χ4v) is 2.48. The third-order valence-corrected chi connectivity index (χ3v) is 4.20. The second kappa shape index (κ2) is 7.19. The Morgan fingerprint density at radius 1 is 1.12 bits per heavy atom. The molecule has 0 aliphatic carbocycles. The van der Waals surface area contributed by atoms with Crippen molar-refractivity contribution in [3.05, 3.63) is 59.4 Å². The van der Waals surface area contributed by atoms with Gasteiger partial charge < -0.3 is 5.32 Å². The number of nitrogens with zero attached hydrogens (tertiary/aromatic N) is 1. The summed E-state index contributed by atoms with van der Waals surface area (Å²) in [6.07, 6.45) is -3.29. The van der Waals surface area contributed by atoms with E-state index in [-0.39, 0.29) is 17.0 Å². The first-order valence-electron chi connectivity index (χ1n) is 7.00. The van der Waals surface area contributed by atoms with Crippen molar-refractivity contribution < 1.29 is 26.4 Å². The molecule has 0 atom stereocenters. The van der Waals surface area contributed by atoms with Gasteiger partial charge in [0.1, 0.15) is 5.69 Å². The van der Waals surface area contributed by atoms with Gasteiger partial charge in [-0.15, -0.1) is 0 Å². The lowest BCUT2D eigenvalue weighted by atomic mass is 10.1. The van der Waals surface area contributed by atoms with E-state index in [1.54, 1.807) is 12.1 Å². The van der Waals surface area contributed by atoms with Gasteiger partial charge in [-0.3, -0.25) is 9.78 Å². The maximum absolute atomic E-state index is 12.4. The van der Waals surface area contributed by atoms with Crippen molar-refractivity contribution in [3.63, 3.8) is 0 Å². The van der Waals surface area contributed by atoms with E-state index in [1.807, 2.05) is 0 Å². The first-order valence-corrected chi connectivity index (χ1v) is 8.55. The number of nitrogens with two attached hydrogens (primary N) is 1. The first-order chi connectivity index (χ1) is 11.6. The van der Waals surface area contributed by atoms with Crippen molar-refractivity contribution in [3.8, 4) is 0 Å². The lowest BCUT2D eigenvalue weighted by Gasteiger charge is -2.08. The van der Waals surface area contributed by atoms with E-state index in [0.29, 0.717) is 6.42 Å². The fraction of sp³-hybridized carbons (Fsp3) is 0.200. The molecule has 0 radical (unpaired) electrons. The van der Waals surface area contributed by atoms with Crippen molar-refractivity contribution in [2.24, 2.45) is 5.14 Å². The minimum atomic E-state index is -4.56. The van der Waals surface area contributed by atoms with Crippen LogP contribution in [0.15, 0.2) is 47.5 Å². The van der Waals surface area contributed by atoms with Crippen molar-refractivity contribution in [2.75, 3.05) is 6.54 Å². The molecule has 3 N–H and O–H groups in total. The number of halogens is 3. The predicted molar refractivity (Wildman–Crippen MR) is 83.1 cm³/mol. The summed E-state index contributed by atoms with van der Waals surface area (Å²) >= 11 is 0. The molecular formula is C15H14F3N3O3S. The lowest BCUT2D eigenvalue weighted by Crippen LogP contribution is -2.26. The summed E-state index contributed by atoms with van der Waals surface area (Å²) in [4.78, 5) is 15.1. The van der Waals surface area contributed by atoms with Crippen molar-refractivity contribution in [1.82, 2.24) is 10.3 Å². The maximum atomic E-state index is 12.4. The van der Waals surface area contributed by atoms with Crippen LogP contribution in [-0.4, -0.2) is 25.9 Å². The standard InChI is InChI=1S/C15H14F3N3O3S/c16-15(17,18)13-6-3-11(9-21-13)14(22)20-8-7-10-1-4-12(5-2-10)25(19,23)24/h1-6,9H,7-8H2,(H,20,22)(H2,19,23,24). The van der Waals surface area contributed by atoms with Gasteiger partial charge in [-0.25, -0.2) is 13.6 Å². The van der Waals surface area contributed by atoms with Gasteiger partial charge in [-0.05, 0) is 36.2 Å². The van der Waals surface area contributed by atoms with Crippen LogP contribution in [0.4, 0.5) is 13.2 Å². The zero-order chi connectivity index (χ0) is 18.7. The normalized spacial score (nSPS) is 12.0. The number of rotatable bonds is 5. The number of benzene rings is 1. The Kier molecular flexibility index (Phi) is 5.43. The number of carbonyl (C=O) groups is 1. The molecule has 25 heavy (non-hydrogen) atoms. The molecule has 0 aliphatic heterocycles. The number of hydrogen-bond acceptors (Lipinski definition) is 4. The monoisotopic (exact) mass is 373 g/mol. The van der Waals surface area contributed by atoms with Crippen LogP contribution in [0.3, 0.4) is 0 Å². The Bertz CT molecular complexity index is 848. The first kappa shape index (κ1) is 18.9. The molecule has 6 nitrogen and oxygen atoms in total. The Morgan fingerprint density at radius 3 is 2.24 bits per heavy atom. The highest BCUT2D eigenvalue weighted by atomic mass is 32.2. The molecule has 0 saturated heterocycles. The summed E-state index contributed by atoms with van der Waals surface area (Å²) in [5.74, 6) is -0.553. The number of hydrogen-bond donors (Lipinski definition) is 2. The Hall–Kier alpha value is -2.46. The summed E-state index contributed by atoms with van der Waals surface area (Å²) in [6, 6.07) is 7.61. The van der Waals surface area contributed by atoms with Gasteiger partial charge in [-0.2, -0.15) is 13.2 Å². The maximum Gasteiger partial charge on any atom is 0.433 e. The lowest BCUT2D eigenvalue weighted by molar-refractivity contribution is -0.141. The molecule has 0 spiro atoms. The largest absolute Gasteiger partial charge is 0.433 e. The molecular weight excluding hydrogens is 359 g/mol. The third-order valence-electron chi connectivity index (χ3n) is 3.27. The molecule has 0 bridgehead atoms. The molecule has 1 amide bonds. The topological polar surface area (TPSA) is 102 Å². The van der Waals surface area contributed by atoms with E-state index in [9.17, 15) is 26.4 Å². The highest BCUT2D eigenvalue weighted by Gasteiger charge is 2.32. The van der Waals surface area contributed by atoms with Crippen LogP contribution in [0.25, 0.3) is 0 Å². The minimum Gasteiger partial charge on any atom is -0.352 e. The van der Waals surface area contributed by atoms with Crippen LogP contribution >= 0.6 is 0 Å². The highest BCUT2D eigenvalue weighted by molar-refractivity contribution is 7.89. The number of aromatic nitrogens is 1. The van der Waals surface area contributed by atoms with Gasteiger partial charge in [0.25, 0.3) is 5.91 Å². The fourth-order valence-electron chi connectivity index (χ4n) is 1.96. The van der Waals surface area contributed by atoms with Gasteiger partial charge >= 0.3 is 6.18 Å². The zero-order valence-corrected chi connectivity index (χ0v) is 13.6. The van der Waals surface area contributed by atoms with Crippen LogP contribution in [0, 0.1) is 0 Å². The number of alkyl halides is 3. The molecule has 0 unspecified atom stereocenters. The van der Waals surface area contributed by atoms with E-state index in [0.717, 1.165) is 23.9 Å². The predicted octanol–water partition coefficient (Wildman–Crippen LogP) is 1.72. The van der Waals surface area contributed by atoms with Crippen molar-refractivity contribution >= 4 is 15.9 Å². The molecule has 1 aromatic carbocycles. The number of amides is 1. The van der Waals surface area contributed by atoms with Gasteiger partial charge in [0, 0.05) is 12.7 Å². The molecule has 0 saturated carbocycles. The summed E-state index contributed by atoms with van der Waals surface area (Å²) in [5, 5.41) is 7.53. The quantitative estimate of drug-likeness (QED) is 0.833. The second-order valence-corrected chi connectivity index (χ2v) is 6.69. The minimum absolute atomic E-state index is 0.0116. The molecule has 1 aromatic heterocycles. The summed E-state index contributed by atoms with van der Waals surface area (Å²) in [6.45, 7) is 0.217. The van der Waals surface area contributed by atoms with Gasteiger partial charge in [0.15, 0.2) is 0 Å². The van der Waals surface area contributed by atoms with Gasteiger partial charge in [0.2, 0.25) is 10.0 Å². The number of carbonyl (C=O) groups excluding carboxylic acids is 1. The summed E-state index contributed by atoms with van der Waals surface area (Å²) < 4.78 is 59.5. The molecule has 0 fully saturated rings. The second-order valence-electron chi connectivity index (χ2n) is 5.12. The van der Waals surface area contributed by atoms with Crippen LogP contribution < -0.4 is 10.5 Å². The molecule has 2 aromatic rings. The van der Waals surface area contributed by atoms with E-state index in [4.69, 9.17) is 5.14 Å². The number of sulfonamides is 1. The van der Waals surface area contributed by atoms with Crippen molar-refractivity contribution in [1.29, 1.82) is 0 Å². The van der Waals surface area contributed by atoms with Crippen LogP contribution in [-0.2, 0) is 22.6 Å². The van der Waals surface area contributed by atoms with Crippen molar-refractivity contribution in [2.45, 2.75) is 17.5 Å². The molecule has 10 heteroatoms. The van der Waals surface area contributed by atoms with E-state index in [1.165, 1.54) is 12.1 Å². The molecule has 1 heterocycles. The SMILES string of the molecule is NS(=O)(=O)c1ccc(CCNC(=O)c2ccc(C(F)(F)F)nc2)cc1. The number of primary sulfonamides is 1. The summed E-state index contributed by atoms with van der Waals surface area (Å²) in [7, 11) is -3.76. The van der Waals surface area contributed by atoms with Crippen LogP contribution in [0.5, 0.6) is 0 Å². The van der Waals surface area contributed by atoms with E-state index < -0.39 is 27.8 Å². The summed E-state index contributed by atoms with van der Waals surface area (Å²) in [5.41, 5.74) is -0.296. The average molecular weight is 373 g/mol. The van der Waals surface area contributed by atoms with E-state index >= 15 is 0 Å². The Balaban J connectivity index is 1.90. The number of pyridine rings is 1. The zero-order valence-electron chi connectivity index (χ0n) is 12.7. The van der Waals surface area contributed by atoms with Crippen LogP contribution in [0.1, 0.15) is 21.6 Å².